The van der Waals surface area contributed by atoms with Gasteiger partial charge in [0, 0.05) is 5.02 Å². The van der Waals surface area contributed by atoms with Crippen LogP contribution in [0.25, 0.3) is 0 Å². The molecule has 0 aliphatic heterocycles. The second kappa shape index (κ2) is 8.28. The zero-order valence-electron chi connectivity index (χ0n) is 11.9. The van der Waals surface area contributed by atoms with Gasteiger partial charge in [-0.3, -0.25) is 10.1 Å². The van der Waals surface area contributed by atoms with Crippen LogP contribution in [0.1, 0.15) is 6.92 Å². The van der Waals surface area contributed by atoms with Gasteiger partial charge >= 0.3 is 5.97 Å². The lowest BCUT2D eigenvalue weighted by molar-refractivity contribution is -0.153. The van der Waals surface area contributed by atoms with Crippen LogP contribution in [-0.4, -0.2) is 29.6 Å². The van der Waals surface area contributed by atoms with Crippen molar-refractivity contribution in [2.24, 2.45) is 0 Å². The Hall–Kier alpha value is -1.64. The van der Waals surface area contributed by atoms with E-state index in [1.807, 2.05) is 0 Å². The lowest BCUT2D eigenvalue weighted by Gasteiger charge is -2.13. The van der Waals surface area contributed by atoms with E-state index < -0.39 is 24.6 Å². The summed E-state index contributed by atoms with van der Waals surface area (Å²) in [5.41, 5.74) is 0. The van der Waals surface area contributed by atoms with Crippen LogP contribution >= 0.6 is 38.9 Å². The van der Waals surface area contributed by atoms with Crippen molar-refractivity contribution in [1.29, 1.82) is 0 Å². The van der Waals surface area contributed by atoms with Crippen molar-refractivity contribution in [2.75, 3.05) is 11.9 Å². The number of hydrogen-bond donors (Lipinski definition) is 1. The standard InChI is InChI=1S/C14H12BrClN2O4S/c1-8(22-10-4-2-9(16)3-5-10)13(20)21-7-12(19)18-14-17-6-11(15)23-14/h2-6,8H,7H2,1H3,(H,17,18,19). The van der Waals surface area contributed by atoms with Gasteiger partial charge in [0.2, 0.25) is 0 Å². The number of esters is 1. The highest BCUT2D eigenvalue weighted by molar-refractivity contribution is 9.11. The Labute approximate surface area is 149 Å². The predicted molar refractivity (Wildman–Crippen MR) is 90.9 cm³/mol. The van der Waals surface area contributed by atoms with E-state index in [0.717, 1.165) is 3.79 Å². The summed E-state index contributed by atoms with van der Waals surface area (Å²) in [6.07, 6.45) is 0.715. The molecule has 1 aromatic carbocycles. The third-order valence-corrected chi connectivity index (χ3v) is 4.17. The topological polar surface area (TPSA) is 77.5 Å². The minimum Gasteiger partial charge on any atom is -0.479 e. The van der Waals surface area contributed by atoms with Crippen molar-refractivity contribution in [3.05, 3.63) is 39.3 Å². The smallest absolute Gasteiger partial charge is 0.347 e. The molecule has 0 aliphatic carbocycles. The maximum atomic E-state index is 11.8. The van der Waals surface area contributed by atoms with Crippen LogP contribution < -0.4 is 10.1 Å². The lowest BCUT2D eigenvalue weighted by Crippen LogP contribution is -2.29. The van der Waals surface area contributed by atoms with E-state index in [4.69, 9.17) is 21.1 Å². The fourth-order valence-electron chi connectivity index (χ4n) is 1.49. The van der Waals surface area contributed by atoms with Gasteiger partial charge in [0.05, 0.1) is 9.98 Å². The van der Waals surface area contributed by atoms with Gasteiger partial charge in [0.15, 0.2) is 17.8 Å². The van der Waals surface area contributed by atoms with Gasteiger partial charge in [-0.15, -0.1) is 0 Å². The molecule has 9 heteroatoms. The van der Waals surface area contributed by atoms with Crippen molar-refractivity contribution >= 4 is 55.9 Å². The molecule has 6 nitrogen and oxygen atoms in total. The van der Waals surface area contributed by atoms with E-state index in [1.54, 1.807) is 30.5 Å². The molecular formula is C14H12BrClN2O4S. The van der Waals surface area contributed by atoms with Crippen LogP contribution in [0, 0.1) is 0 Å². The summed E-state index contributed by atoms with van der Waals surface area (Å²) >= 11 is 10.3. The Morgan fingerprint density at radius 3 is 2.70 bits per heavy atom. The Morgan fingerprint density at radius 2 is 2.09 bits per heavy atom. The minimum atomic E-state index is -0.849. The number of carbonyl (C=O) groups is 2. The zero-order valence-corrected chi connectivity index (χ0v) is 15.1. The van der Waals surface area contributed by atoms with E-state index in [2.05, 4.69) is 26.2 Å². The molecule has 122 valence electrons. The third kappa shape index (κ3) is 5.81. The third-order valence-electron chi connectivity index (χ3n) is 2.53. The molecule has 0 saturated carbocycles. The number of halogens is 2. The SMILES string of the molecule is CC(Oc1ccc(Cl)cc1)C(=O)OCC(=O)Nc1ncc(Br)s1. The summed E-state index contributed by atoms with van der Waals surface area (Å²) in [6.45, 7) is 1.12. The monoisotopic (exact) mass is 418 g/mol. The molecule has 23 heavy (non-hydrogen) atoms. The first-order valence-electron chi connectivity index (χ1n) is 6.44. The number of nitrogens with zero attached hydrogens (tertiary/aromatic N) is 1. The van der Waals surface area contributed by atoms with Crippen molar-refractivity contribution in [3.8, 4) is 5.75 Å². The Kier molecular flexibility index (Phi) is 6.37. The van der Waals surface area contributed by atoms with E-state index in [1.165, 1.54) is 18.3 Å². The van der Waals surface area contributed by atoms with Crippen LogP contribution in [-0.2, 0) is 14.3 Å². The first-order valence-corrected chi connectivity index (χ1v) is 8.43. The van der Waals surface area contributed by atoms with Gasteiger partial charge in [0.25, 0.3) is 5.91 Å². The first kappa shape index (κ1) is 17.7. The molecule has 0 fully saturated rings. The van der Waals surface area contributed by atoms with E-state index in [9.17, 15) is 9.59 Å². The molecule has 2 aromatic rings. The number of rotatable bonds is 6. The van der Waals surface area contributed by atoms with Gasteiger partial charge in [-0.25, -0.2) is 9.78 Å². The fraction of sp³-hybridized carbons (Fsp3) is 0.214. The summed E-state index contributed by atoms with van der Waals surface area (Å²) in [5.74, 6) is -0.634. The van der Waals surface area contributed by atoms with Crippen LogP contribution in [0.5, 0.6) is 5.75 Å². The molecule has 0 aliphatic rings. The fourth-order valence-corrected chi connectivity index (χ4v) is 2.74. The van der Waals surface area contributed by atoms with E-state index in [0.29, 0.717) is 15.9 Å². The molecule has 0 saturated heterocycles. The summed E-state index contributed by atoms with van der Waals surface area (Å²) in [5, 5.41) is 3.51. The molecule has 1 N–H and O–H groups in total. The highest BCUT2D eigenvalue weighted by Crippen LogP contribution is 2.23. The maximum absolute atomic E-state index is 11.8. The summed E-state index contributed by atoms with van der Waals surface area (Å²) in [6, 6.07) is 6.57. The Balaban J connectivity index is 1.77. The lowest BCUT2D eigenvalue weighted by atomic mass is 10.3. The predicted octanol–water partition coefficient (Wildman–Crippen LogP) is 3.51. The van der Waals surface area contributed by atoms with Gasteiger partial charge in [0.1, 0.15) is 5.75 Å². The molecule has 1 heterocycles. The molecule has 2 rings (SSSR count). The largest absolute Gasteiger partial charge is 0.479 e. The van der Waals surface area contributed by atoms with Crippen molar-refractivity contribution in [1.82, 2.24) is 4.98 Å². The number of nitrogens with one attached hydrogen (secondary N) is 1. The number of aromatic nitrogens is 1. The molecule has 0 bridgehead atoms. The van der Waals surface area contributed by atoms with Crippen LogP contribution in [0.15, 0.2) is 34.2 Å². The van der Waals surface area contributed by atoms with Crippen LogP contribution in [0.2, 0.25) is 5.02 Å². The molecule has 0 radical (unpaired) electrons. The number of thiazole rings is 1. The molecule has 1 atom stereocenters. The quantitative estimate of drug-likeness (QED) is 0.725. The second-order valence-corrected chi connectivity index (χ2v) is 7.19. The summed E-state index contributed by atoms with van der Waals surface area (Å²) in [7, 11) is 0. The highest BCUT2D eigenvalue weighted by atomic mass is 79.9. The van der Waals surface area contributed by atoms with Crippen molar-refractivity contribution in [2.45, 2.75) is 13.0 Å². The van der Waals surface area contributed by atoms with Gasteiger partial charge < -0.3 is 9.47 Å². The number of amides is 1. The van der Waals surface area contributed by atoms with Crippen molar-refractivity contribution in [3.63, 3.8) is 0 Å². The molecule has 1 amide bonds. The van der Waals surface area contributed by atoms with Crippen LogP contribution in [0.4, 0.5) is 5.13 Å². The van der Waals surface area contributed by atoms with Gasteiger partial charge in [-0.1, -0.05) is 22.9 Å². The number of hydrogen-bond acceptors (Lipinski definition) is 6. The minimum absolute atomic E-state index is 0.412. The Morgan fingerprint density at radius 1 is 1.39 bits per heavy atom. The second-order valence-electron chi connectivity index (χ2n) is 4.34. The summed E-state index contributed by atoms with van der Waals surface area (Å²) < 4.78 is 11.1. The van der Waals surface area contributed by atoms with Gasteiger partial charge in [-0.2, -0.15) is 0 Å². The summed E-state index contributed by atoms with van der Waals surface area (Å²) in [4.78, 5) is 27.4. The average molecular weight is 420 g/mol. The van der Waals surface area contributed by atoms with Gasteiger partial charge in [-0.05, 0) is 47.1 Å². The van der Waals surface area contributed by atoms with Crippen LogP contribution in [0.3, 0.4) is 0 Å². The molecular weight excluding hydrogens is 408 g/mol. The zero-order chi connectivity index (χ0) is 16.8. The highest BCUT2D eigenvalue weighted by Gasteiger charge is 2.18. The normalized spacial score (nSPS) is 11.6. The first-order chi connectivity index (χ1) is 10.9. The maximum Gasteiger partial charge on any atom is 0.347 e. The average Bonchev–Trinajstić information content (AvgIpc) is 2.92. The number of ether oxygens (including phenoxy) is 2. The molecule has 0 spiro atoms. The van der Waals surface area contributed by atoms with Crippen molar-refractivity contribution < 1.29 is 19.1 Å². The molecule has 1 unspecified atom stereocenters. The van der Waals surface area contributed by atoms with E-state index in [-0.39, 0.29) is 0 Å². The molecule has 1 aromatic heterocycles. The Bertz CT molecular complexity index is 692. The van der Waals surface area contributed by atoms with E-state index >= 15 is 0 Å². The number of benzene rings is 1. The number of anilines is 1. The number of carbonyl (C=O) groups excluding carboxylic acids is 2.